The van der Waals surface area contributed by atoms with E-state index >= 15 is 0 Å². The van der Waals surface area contributed by atoms with E-state index in [1.807, 2.05) is 11.2 Å². The Hall–Kier alpha value is -0.930. The third-order valence-electron chi connectivity index (χ3n) is 3.29. The van der Waals surface area contributed by atoms with Crippen molar-refractivity contribution < 1.29 is 0 Å². The molecule has 2 heterocycles. The molecule has 2 aliphatic heterocycles. The maximum Gasteiger partial charge on any atom is 0.0394 e. The average molecular weight is 219 g/mol. The molecule has 0 saturated carbocycles. The van der Waals surface area contributed by atoms with Gasteiger partial charge in [-0.1, -0.05) is 25.5 Å². The lowest BCUT2D eigenvalue weighted by Gasteiger charge is -2.26. The molecule has 0 aromatic rings. The van der Waals surface area contributed by atoms with Gasteiger partial charge in [-0.15, -0.1) is 0 Å². The second-order valence-electron chi connectivity index (χ2n) is 4.93. The summed E-state index contributed by atoms with van der Waals surface area (Å²) in [4.78, 5) is 4.60. The van der Waals surface area contributed by atoms with Crippen molar-refractivity contribution in [2.75, 3.05) is 13.1 Å². The van der Waals surface area contributed by atoms with E-state index in [4.69, 9.17) is 5.84 Å². The number of nitrogens with two attached hydrogens (primary N) is 1. The fraction of sp³-hybridized carbons (Fsp3) is 0.615. The molecule has 16 heavy (non-hydrogen) atoms. The van der Waals surface area contributed by atoms with Gasteiger partial charge in [-0.05, 0) is 30.8 Å². The summed E-state index contributed by atoms with van der Waals surface area (Å²) in [6.07, 6.45) is 7.70. The summed E-state index contributed by atoms with van der Waals surface area (Å²) in [6.45, 7) is 6.21. The molecule has 3 nitrogen and oxygen atoms in total. The summed E-state index contributed by atoms with van der Waals surface area (Å²) >= 11 is 0. The van der Waals surface area contributed by atoms with Gasteiger partial charge >= 0.3 is 0 Å². The van der Waals surface area contributed by atoms with Crippen molar-refractivity contribution in [2.24, 2.45) is 16.8 Å². The van der Waals surface area contributed by atoms with Crippen LogP contribution in [0.1, 0.15) is 33.1 Å². The molecule has 0 aromatic heterocycles. The summed E-state index contributed by atoms with van der Waals surface area (Å²) in [5.74, 6) is 6.36. The second-order valence-corrected chi connectivity index (χ2v) is 4.93. The zero-order valence-electron chi connectivity index (χ0n) is 10.2. The fourth-order valence-corrected chi connectivity index (χ4v) is 2.25. The third-order valence-corrected chi connectivity index (χ3v) is 3.29. The Balaban J connectivity index is 2.20. The van der Waals surface area contributed by atoms with Gasteiger partial charge in [-0.3, -0.25) is 10.8 Å². The lowest BCUT2D eigenvalue weighted by Crippen LogP contribution is -2.37. The predicted octanol–water partition coefficient (Wildman–Crippen LogP) is 2.27. The number of rotatable bonds is 1. The first kappa shape index (κ1) is 11.6. The van der Waals surface area contributed by atoms with Crippen LogP contribution in [0.2, 0.25) is 0 Å². The Bertz CT molecular complexity index is 350. The highest BCUT2D eigenvalue weighted by molar-refractivity contribution is 5.81. The van der Waals surface area contributed by atoms with Crippen LogP contribution in [0.25, 0.3) is 0 Å². The normalized spacial score (nSPS) is 26.1. The lowest BCUT2D eigenvalue weighted by atomic mass is 9.95. The molecule has 0 unspecified atom stereocenters. The van der Waals surface area contributed by atoms with Crippen molar-refractivity contribution in [1.29, 1.82) is 0 Å². The van der Waals surface area contributed by atoms with Crippen LogP contribution in [0.4, 0.5) is 0 Å². The standard InChI is InChI=1S/C13H21N3/c1-10(2)13-5-3-4-11-6-7-16(14)9-12(11)8-15-13/h5,8,10H,3-4,6-7,9,14H2,1-2H3/b13-5+,15-8?. The summed E-state index contributed by atoms with van der Waals surface area (Å²) in [6, 6.07) is 0. The maximum absolute atomic E-state index is 5.85. The molecular formula is C13H21N3. The lowest BCUT2D eigenvalue weighted by molar-refractivity contribution is 0.299. The minimum absolute atomic E-state index is 0.510. The van der Waals surface area contributed by atoms with E-state index in [1.165, 1.54) is 17.7 Å². The minimum atomic E-state index is 0.510. The van der Waals surface area contributed by atoms with Gasteiger partial charge in [0.15, 0.2) is 0 Å². The summed E-state index contributed by atoms with van der Waals surface area (Å²) in [5, 5.41) is 1.88. The molecule has 0 aromatic carbocycles. The van der Waals surface area contributed by atoms with Crippen molar-refractivity contribution in [3.05, 3.63) is 22.9 Å². The molecular weight excluding hydrogens is 198 g/mol. The number of nitrogens with zero attached hydrogens (tertiary/aromatic N) is 2. The highest BCUT2D eigenvalue weighted by atomic mass is 15.4. The van der Waals surface area contributed by atoms with Crippen LogP contribution in [0, 0.1) is 5.92 Å². The SMILES string of the molecule is CC(C)/C1=C\CCC2=C(C=N1)CN(N)CC2. The van der Waals surface area contributed by atoms with Crippen LogP contribution < -0.4 is 5.84 Å². The van der Waals surface area contributed by atoms with E-state index in [0.29, 0.717) is 5.92 Å². The average Bonchev–Trinajstić information content (AvgIpc) is 2.20. The molecule has 2 rings (SSSR count). The number of hydrogen-bond acceptors (Lipinski definition) is 3. The van der Waals surface area contributed by atoms with Gasteiger partial charge < -0.3 is 0 Å². The second kappa shape index (κ2) is 4.93. The number of allylic oxidation sites excluding steroid dienone is 2. The zero-order valence-corrected chi connectivity index (χ0v) is 10.2. The van der Waals surface area contributed by atoms with Crippen LogP contribution in [-0.2, 0) is 0 Å². The minimum Gasteiger partial charge on any atom is -0.268 e. The molecule has 2 aliphatic rings. The molecule has 0 aliphatic carbocycles. The van der Waals surface area contributed by atoms with E-state index in [-0.39, 0.29) is 0 Å². The van der Waals surface area contributed by atoms with Gasteiger partial charge in [0, 0.05) is 25.0 Å². The third kappa shape index (κ3) is 2.60. The molecule has 0 fully saturated rings. The Kier molecular flexibility index (Phi) is 3.56. The van der Waals surface area contributed by atoms with Crippen molar-refractivity contribution >= 4 is 6.21 Å². The van der Waals surface area contributed by atoms with Gasteiger partial charge in [0.2, 0.25) is 0 Å². The summed E-state index contributed by atoms with van der Waals surface area (Å²) < 4.78 is 0. The maximum atomic E-state index is 5.85. The fourth-order valence-electron chi connectivity index (χ4n) is 2.25. The summed E-state index contributed by atoms with van der Waals surface area (Å²) in [7, 11) is 0. The van der Waals surface area contributed by atoms with Crippen LogP contribution in [0.3, 0.4) is 0 Å². The molecule has 0 spiro atoms. The first-order valence-electron chi connectivity index (χ1n) is 6.11. The quantitative estimate of drug-likeness (QED) is 0.687. The Morgan fingerprint density at radius 1 is 1.38 bits per heavy atom. The van der Waals surface area contributed by atoms with E-state index in [1.54, 1.807) is 5.57 Å². The molecule has 88 valence electrons. The van der Waals surface area contributed by atoms with Gasteiger partial charge in [0.05, 0.1) is 0 Å². The highest BCUT2D eigenvalue weighted by Crippen LogP contribution is 2.24. The highest BCUT2D eigenvalue weighted by Gasteiger charge is 2.16. The van der Waals surface area contributed by atoms with Gasteiger partial charge in [-0.25, -0.2) is 5.01 Å². The van der Waals surface area contributed by atoms with E-state index in [0.717, 1.165) is 25.9 Å². The molecule has 0 amide bonds. The number of hydrogen-bond donors (Lipinski definition) is 1. The van der Waals surface area contributed by atoms with E-state index < -0.39 is 0 Å². The van der Waals surface area contributed by atoms with Crippen molar-refractivity contribution in [2.45, 2.75) is 33.1 Å². The monoisotopic (exact) mass is 219 g/mol. The molecule has 0 radical (unpaired) electrons. The van der Waals surface area contributed by atoms with Crippen LogP contribution in [-0.4, -0.2) is 24.3 Å². The Morgan fingerprint density at radius 2 is 2.19 bits per heavy atom. The van der Waals surface area contributed by atoms with Crippen molar-refractivity contribution in [1.82, 2.24) is 5.01 Å². The van der Waals surface area contributed by atoms with Gasteiger partial charge in [0.1, 0.15) is 0 Å². The topological polar surface area (TPSA) is 41.6 Å². The van der Waals surface area contributed by atoms with Crippen molar-refractivity contribution in [3.63, 3.8) is 0 Å². The largest absolute Gasteiger partial charge is 0.268 e. The number of aliphatic imine (C=N–C) groups is 1. The first-order valence-corrected chi connectivity index (χ1v) is 6.11. The van der Waals surface area contributed by atoms with Crippen LogP contribution >= 0.6 is 0 Å². The van der Waals surface area contributed by atoms with Crippen LogP contribution in [0.15, 0.2) is 27.9 Å². The molecule has 0 atom stereocenters. The molecule has 3 heteroatoms. The van der Waals surface area contributed by atoms with Gasteiger partial charge in [0.25, 0.3) is 0 Å². The van der Waals surface area contributed by atoms with E-state index in [9.17, 15) is 0 Å². The molecule has 0 bridgehead atoms. The molecule has 0 saturated heterocycles. The predicted molar refractivity (Wildman–Crippen MR) is 68.1 cm³/mol. The first-order chi connectivity index (χ1) is 7.66. The van der Waals surface area contributed by atoms with Crippen molar-refractivity contribution in [3.8, 4) is 0 Å². The van der Waals surface area contributed by atoms with E-state index in [2.05, 4.69) is 24.9 Å². The van der Waals surface area contributed by atoms with Crippen LogP contribution in [0.5, 0.6) is 0 Å². The zero-order chi connectivity index (χ0) is 11.5. The Morgan fingerprint density at radius 3 is 2.94 bits per heavy atom. The Labute approximate surface area is 97.7 Å². The summed E-state index contributed by atoms with van der Waals surface area (Å²) in [5.41, 5.74) is 4.09. The van der Waals surface area contributed by atoms with Gasteiger partial charge in [-0.2, -0.15) is 0 Å². The molecule has 2 N–H and O–H groups in total. The smallest absolute Gasteiger partial charge is 0.0394 e. The number of hydrazine groups is 1.